The molecule has 8 atom stereocenters. The Bertz CT molecular complexity index is 1580. The van der Waals surface area contributed by atoms with Crippen LogP contribution in [0.4, 0.5) is 0 Å². The number of amides is 1. The normalized spacial score (nSPS) is 19.2. The highest BCUT2D eigenvalue weighted by Crippen LogP contribution is 2.26. The van der Waals surface area contributed by atoms with Crippen LogP contribution in [0.15, 0.2) is 72.9 Å². The van der Waals surface area contributed by atoms with E-state index in [1.165, 1.54) is 180 Å². The van der Waals surface area contributed by atoms with Gasteiger partial charge < -0.3 is 45.1 Å². The third-order valence-corrected chi connectivity index (χ3v) is 15.3. The summed E-state index contributed by atoms with van der Waals surface area (Å²) in [5.74, 6) is -1.26. The lowest BCUT2D eigenvalue weighted by atomic mass is 9.99. The summed E-state index contributed by atoms with van der Waals surface area (Å²) < 4.78 is 17.6. The third-order valence-electron chi connectivity index (χ3n) is 15.3. The number of nitrogens with one attached hydrogen (secondary N) is 1. The van der Waals surface area contributed by atoms with Gasteiger partial charge in [-0.2, -0.15) is 0 Å². The maximum Gasteiger partial charge on any atom is 0.306 e. The molecule has 1 aliphatic rings. The molecule has 80 heavy (non-hydrogen) atoms. The Hall–Kier alpha value is -2.90. The van der Waals surface area contributed by atoms with Crippen LogP contribution in [0, 0.1) is 0 Å². The molecule has 1 amide bonds. The lowest BCUT2D eigenvalue weighted by Gasteiger charge is -2.41. The molecular formula is C69H123NO10. The van der Waals surface area contributed by atoms with Crippen LogP contribution in [0.3, 0.4) is 0 Å². The van der Waals surface area contributed by atoms with E-state index in [0.717, 1.165) is 64.2 Å². The third kappa shape index (κ3) is 43.7. The Balaban J connectivity index is 2.56. The maximum atomic E-state index is 13.4. The van der Waals surface area contributed by atoms with Gasteiger partial charge in [0.2, 0.25) is 5.91 Å². The van der Waals surface area contributed by atoms with Gasteiger partial charge in [0.1, 0.15) is 24.4 Å². The second kappa shape index (κ2) is 56.6. The predicted molar refractivity (Wildman–Crippen MR) is 333 cm³/mol. The lowest BCUT2D eigenvalue weighted by molar-refractivity contribution is -0.305. The fraction of sp³-hybridized carbons (Fsp3) is 0.797. The number of hydrogen-bond donors (Lipinski definition) is 6. The van der Waals surface area contributed by atoms with Gasteiger partial charge in [0, 0.05) is 12.8 Å². The number of carbonyl (C=O) groups is 2. The summed E-state index contributed by atoms with van der Waals surface area (Å²) in [4.78, 5) is 26.5. The van der Waals surface area contributed by atoms with E-state index in [4.69, 9.17) is 14.2 Å². The molecule has 11 nitrogen and oxygen atoms in total. The molecule has 6 N–H and O–H groups in total. The van der Waals surface area contributed by atoms with Crippen LogP contribution in [0.25, 0.3) is 0 Å². The summed E-state index contributed by atoms with van der Waals surface area (Å²) >= 11 is 0. The summed E-state index contributed by atoms with van der Waals surface area (Å²) in [5.41, 5.74) is 0. The van der Waals surface area contributed by atoms with E-state index in [0.29, 0.717) is 12.8 Å². The summed E-state index contributed by atoms with van der Waals surface area (Å²) in [7, 11) is 0. The second-order valence-electron chi connectivity index (χ2n) is 22.9. The summed E-state index contributed by atoms with van der Waals surface area (Å²) in [6, 6.07) is -1.06. The molecule has 0 bridgehead atoms. The molecule has 0 saturated carbocycles. The van der Waals surface area contributed by atoms with Crippen molar-refractivity contribution in [1.29, 1.82) is 0 Å². The zero-order chi connectivity index (χ0) is 58.2. The van der Waals surface area contributed by atoms with Gasteiger partial charge in [0.15, 0.2) is 12.4 Å². The lowest BCUT2D eigenvalue weighted by Crippen LogP contribution is -2.61. The highest BCUT2D eigenvalue weighted by molar-refractivity contribution is 5.81. The minimum atomic E-state index is -1.62. The first-order valence-corrected chi connectivity index (χ1v) is 33.2. The number of esters is 1. The SMILES string of the molecule is CCCCC/C=C\C/C=C\C/C=C\CCCCCCCCCCCCCCCCC(=O)OC1C(OCC(NC(=O)C(O)C/C=C/C/C=C\CCCCCCCC)C(O)/C=C/CCCCCCCCCCCC)OC(CO)C(O)C1O. The van der Waals surface area contributed by atoms with Crippen LogP contribution in [-0.2, 0) is 23.8 Å². The fourth-order valence-electron chi connectivity index (χ4n) is 10.1. The van der Waals surface area contributed by atoms with Gasteiger partial charge in [-0.05, 0) is 77.0 Å². The Kier molecular flexibility index (Phi) is 53.1. The van der Waals surface area contributed by atoms with Gasteiger partial charge >= 0.3 is 5.97 Å². The first-order chi connectivity index (χ1) is 39.2. The van der Waals surface area contributed by atoms with E-state index < -0.39 is 67.4 Å². The molecule has 8 unspecified atom stereocenters. The topological polar surface area (TPSA) is 175 Å². The van der Waals surface area contributed by atoms with Crippen LogP contribution < -0.4 is 5.32 Å². The maximum absolute atomic E-state index is 13.4. The monoisotopic (exact) mass is 1130 g/mol. The van der Waals surface area contributed by atoms with Gasteiger partial charge in [0.25, 0.3) is 0 Å². The van der Waals surface area contributed by atoms with Crippen LogP contribution in [0.2, 0.25) is 0 Å². The molecular weight excluding hydrogens is 1000 g/mol. The van der Waals surface area contributed by atoms with E-state index in [9.17, 15) is 35.1 Å². The van der Waals surface area contributed by atoms with Gasteiger partial charge in [-0.1, -0.05) is 273 Å². The fourth-order valence-corrected chi connectivity index (χ4v) is 10.1. The van der Waals surface area contributed by atoms with E-state index in [2.05, 4.69) is 74.7 Å². The molecule has 0 aliphatic carbocycles. The van der Waals surface area contributed by atoms with Gasteiger partial charge in [-0.25, -0.2) is 0 Å². The van der Waals surface area contributed by atoms with Crippen molar-refractivity contribution in [3.63, 3.8) is 0 Å². The molecule has 1 rings (SSSR count). The molecule has 1 aliphatic heterocycles. The van der Waals surface area contributed by atoms with Crippen molar-refractivity contribution in [1.82, 2.24) is 5.32 Å². The number of rotatable bonds is 56. The summed E-state index contributed by atoms with van der Waals surface area (Å²) in [6.07, 6.45) is 62.6. The molecule has 0 spiro atoms. The van der Waals surface area contributed by atoms with E-state index in [1.54, 1.807) is 12.2 Å². The van der Waals surface area contributed by atoms with E-state index >= 15 is 0 Å². The summed E-state index contributed by atoms with van der Waals surface area (Å²) in [5, 5.41) is 56.9. The number of carbonyl (C=O) groups excluding carboxylic acids is 2. The first kappa shape index (κ1) is 75.1. The molecule has 0 radical (unpaired) electrons. The average molecular weight is 1130 g/mol. The van der Waals surface area contributed by atoms with E-state index in [-0.39, 0.29) is 19.4 Å². The van der Waals surface area contributed by atoms with Crippen LogP contribution in [-0.4, -0.2) is 99.6 Å². The summed E-state index contributed by atoms with van der Waals surface area (Å²) in [6.45, 7) is 5.72. The van der Waals surface area contributed by atoms with Crippen LogP contribution >= 0.6 is 0 Å². The first-order valence-electron chi connectivity index (χ1n) is 33.2. The minimum absolute atomic E-state index is 0.0813. The van der Waals surface area contributed by atoms with Gasteiger partial charge in [-0.15, -0.1) is 0 Å². The number of allylic oxidation sites excluding steroid dienone is 10. The van der Waals surface area contributed by atoms with Crippen molar-refractivity contribution in [2.24, 2.45) is 0 Å². The van der Waals surface area contributed by atoms with Crippen LogP contribution in [0.1, 0.15) is 290 Å². The van der Waals surface area contributed by atoms with Crippen LogP contribution in [0.5, 0.6) is 0 Å². The average Bonchev–Trinajstić information content (AvgIpc) is 3.46. The molecule has 1 heterocycles. The Morgan fingerprint density at radius 2 is 0.863 bits per heavy atom. The molecule has 11 heteroatoms. The quantitative estimate of drug-likeness (QED) is 0.0195. The Morgan fingerprint density at radius 3 is 1.31 bits per heavy atom. The number of ether oxygens (including phenoxy) is 3. The predicted octanol–water partition coefficient (Wildman–Crippen LogP) is 16.3. The number of aliphatic hydroxyl groups excluding tert-OH is 5. The molecule has 464 valence electrons. The highest BCUT2D eigenvalue weighted by atomic mass is 16.7. The van der Waals surface area contributed by atoms with Crippen molar-refractivity contribution in [3.05, 3.63) is 72.9 Å². The zero-order valence-corrected chi connectivity index (χ0v) is 51.4. The smallest absolute Gasteiger partial charge is 0.306 e. The van der Waals surface area contributed by atoms with Gasteiger partial charge in [-0.3, -0.25) is 9.59 Å². The molecule has 0 aromatic rings. The Labute approximate surface area is 490 Å². The minimum Gasteiger partial charge on any atom is -0.454 e. The number of unbranched alkanes of at least 4 members (excludes halogenated alkanes) is 33. The van der Waals surface area contributed by atoms with Crippen molar-refractivity contribution in [2.45, 2.75) is 339 Å². The van der Waals surface area contributed by atoms with Crippen molar-refractivity contribution in [3.8, 4) is 0 Å². The second-order valence-corrected chi connectivity index (χ2v) is 22.9. The highest BCUT2D eigenvalue weighted by Gasteiger charge is 2.47. The molecule has 0 aromatic carbocycles. The standard InChI is InChI=1S/C69H123NO10/c1-4-7-10-13-16-19-22-25-26-27-28-29-30-31-32-33-34-35-36-37-38-39-42-45-48-51-54-57-64(74)80-67-66(76)65(75)63(58-71)79-69(67)78-59-60(61(72)55-52-49-46-43-40-23-20-17-14-11-8-5-2)70-68(77)62(73)56-53-50-47-44-41-24-21-18-15-12-9-6-3/h16,19,25-26,28-29,41,44,50,52-53,55,60-63,65-67,69,71-73,75-76H,4-15,17-18,20-24,27,30-40,42-43,45-49,51,54,56-59H2,1-3H3,(H,70,77)/b19-16-,26-25-,29-28-,44-41-,53-50+,55-52+. The number of hydrogen-bond acceptors (Lipinski definition) is 10. The largest absolute Gasteiger partial charge is 0.454 e. The molecule has 0 aromatic heterocycles. The van der Waals surface area contributed by atoms with Gasteiger partial charge in [0.05, 0.1) is 25.4 Å². The van der Waals surface area contributed by atoms with E-state index in [1.807, 2.05) is 12.2 Å². The van der Waals surface area contributed by atoms with Crippen molar-refractivity contribution >= 4 is 11.9 Å². The van der Waals surface area contributed by atoms with Crippen molar-refractivity contribution in [2.75, 3.05) is 13.2 Å². The Morgan fingerprint density at radius 1 is 0.487 bits per heavy atom. The zero-order valence-electron chi connectivity index (χ0n) is 51.4. The van der Waals surface area contributed by atoms with Crippen molar-refractivity contribution < 1.29 is 49.3 Å². The number of aliphatic hydroxyl groups is 5. The molecule has 1 fully saturated rings. The molecule has 1 saturated heterocycles.